The Kier molecular flexibility index (Phi) is 6.59. The minimum Gasteiger partial charge on any atom is -0.318 e. The Morgan fingerprint density at radius 3 is 1.73 bits per heavy atom. The highest BCUT2D eigenvalue weighted by Gasteiger charge is 2.41. The van der Waals surface area contributed by atoms with Gasteiger partial charge in [0.25, 0.3) is 11.8 Å². The molecule has 184 valence electrons. The summed E-state index contributed by atoms with van der Waals surface area (Å²) in [4.78, 5) is 30.4. The zero-order valence-corrected chi connectivity index (χ0v) is 21.8. The van der Waals surface area contributed by atoms with Gasteiger partial charge in [0.05, 0.1) is 11.4 Å². The third kappa shape index (κ3) is 4.41. The summed E-state index contributed by atoms with van der Waals surface area (Å²) >= 11 is 5.70. The first-order valence-electron chi connectivity index (χ1n) is 12.2. The number of hydrogen-bond donors (Lipinski definition) is 0. The van der Waals surface area contributed by atoms with Crippen LogP contribution in [0.1, 0.15) is 29.4 Å². The predicted octanol–water partition coefficient (Wildman–Crippen LogP) is 6.40. The van der Waals surface area contributed by atoms with E-state index in [9.17, 15) is 9.59 Å². The van der Waals surface area contributed by atoms with Gasteiger partial charge >= 0.3 is 0 Å². The second-order valence-electron chi connectivity index (χ2n) is 8.97. The van der Waals surface area contributed by atoms with Crippen LogP contribution >= 0.6 is 12.2 Å². The van der Waals surface area contributed by atoms with Crippen molar-refractivity contribution >= 4 is 46.6 Å². The van der Waals surface area contributed by atoms with Gasteiger partial charge in [-0.2, -0.15) is 0 Å². The molecule has 2 amide bonds. The highest BCUT2D eigenvalue weighted by molar-refractivity contribution is 7.81. The van der Waals surface area contributed by atoms with Crippen LogP contribution in [-0.4, -0.2) is 21.5 Å². The minimum absolute atomic E-state index is 0.0582. The van der Waals surface area contributed by atoms with Gasteiger partial charge in [-0.3, -0.25) is 19.4 Å². The van der Waals surface area contributed by atoms with Crippen molar-refractivity contribution in [1.29, 1.82) is 0 Å². The van der Waals surface area contributed by atoms with Gasteiger partial charge in [0.1, 0.15) is 5.57 Å². The van der Waals surface area contributed by atoms with Crippen LogP contribution in [0.5, 0.6) is 0 Å². The van der Waals surface area contributed by atoms with Crippen LogP contribution in [0.2, 0.25) is 0 Å². The third-order valence-corrected chi connectivity index (χ3v) is 7.02. The molecule has 0 radical (unpaired) electrons. The Labute approximate surface area is 222 Å². The second kappa shape index (κ2) is 9.99. The highest BCUT2D eigenvalue weighted by atomic mass is 32.1. The van der Waals surface area contributed by atoms with Gasteiger partial charge < -0.3 is 4.57 Å². The molecular weight excluding hydrogens is 478 g/mol. The van der Waals surface area contributed by atoms with Gasteiger partial charge in [-0.1, -0.05) is 55.5 Å². The van der Waals surface area contributed by atoms with E-state index in [0.717, 1.165) is 29.1 Å². The van der Waals surface area contributed by atoms with Crippen molar-refractivity contribution in [3.63, 3.8) is 0 Å². The number of carbonyl (C=O) groups is 2. The van der Waals surface area contributed by atoms with Crippen LogP contribution in [0.4, 0.5) is 11.4 Å². The minimum atomic E-state index is -0.439. The summed E-state index contributed by atoms with van der Waals surface area (Å²) in [5.41, 5.74) is 6.35. The monoisotopic (exact) mass is 505 g/mol. The summed E-state index contributed by atoms with van der Waals surface area (Å²) < 4.78 is 2.14. The lowest BCUT2D eigenvalue weighted by Crippen LogP contribution is -2.56. The number of amides is 2. The molecule has 1 aromatic heterocycles. The van der Waals surface area contributed by atoms with Gasteiger partial charge in [-0.15, -0.1) is 0 Å². The van der Waals surface area contributed by atoms with E-state index < -0.39 is 11.8 Å². The number of nitrogens with zero attached hydrogens (tertiary/aromatic N) is 3. The number of para-hydroxylation sites is 2. The van der Waals surface area contributed by atoms with E-state index in [0.29, 0.717) is 11.4 Å². The van der Waals surface area contributed by atoms with Crippen LogP contribution in [0, 0.1) is 13.8 Å². The molecule has 5 nitrogen and oxygen atoms in total. The molecule has 0 N–H and O–H groups in total. The lowest BCUT2D eigenvalue weighted by molar-refractivity contribution is -0.120. The number of benzene rings is 3. The van der Waals surface area contributed by atoms with Crippen molar-refractivity contribution < 1.29 is 9.59 Å². The number of aryl methyl sites for hydroxylation is 2. The normalized spacial score (nSPS) is 13.9. The average molecular weight is 506 g/mol. The molecule has 0 bridgehead atoms. The lowest BCUT2D eigenvalue weighted by atomic mass is 10.0. The predicted molar refractivity (Wildman–Crippen MR) is 153 cm³/mol. The smallest absolute Gasteiger partial charge is 0.270 e. The first-order chi connectivity index (χ1) is 17.9. The van der Waals surface area contributed by atoms with Crippen LogP contribution in [0.15, 0.2) is 96.6 Å². The number of anilines is 2. The summed E-state index contributed by atoms with van der Waals surface area (Å²) in [5.74, 6) is -0.879. The molecule has 1 aliphatic heterocycles. The van der Waals surface area contributed by atoms with E-state index in [1.165, 1.54) is 15.4 Å². The molecule has 3 aromatic carbocycles. The Balaban J connectivity index is 1.63. The highest BCUT2D eigenvalue weighted by Crippen LogP contribution is 2.31. The van der Waals surface area contributed by atoms with Crippen LogP contribution in [0.3, 0.4) is 0 Å². The Morgan fingerprint density at radius 2 is 1.24 bits per heavy atom. The molecule has 6 heteroatoms. The fourth-order valence-electron chi connectivity index (χ4n) is 4.71. The van der Waals surface area contributed by atoms with Gasteiger partial charge in [0.2, 0.25) is 0 Å². The number of rotatable bonds is 5. The maximum absolute atomic E-state index is 13.8. The van der Waals surface area contributed by atoms with Gasteiger partial charge in [0.15, 0.2) is 5.11 Å². The number of aromatic nitrogens is 1. The van der Waals surface area contributed by atoms with E-state index in [-0.39, 0.29) is 10.7 Å². The standard InChI is InChI=1S/C31H27N3O2S/c1-4-23-15-17-27(18-16-23)32-21(2)19-24(22(32)3)20-28-29(35)33(25-11-7-5-8-12-25)31(37)34(30(28)36)26-13-9-6-10-14-26/h5-20H,4H2,1-3H3. The topological polar surface area (TPSA) is 45.6 Å². The number of carbonyl (C=O) groups excluding carboxylic acids is 2. The maximum atomic E-state index is 13.8. The largest absolute Gasteiger partial charge is 0.318 e. The Bertz CT molecular complexity index is 1460. The molecular formula is C31H27N3O2S. The fourth-order valence-corrected chi connectivity index (χ4v) is 5.08. The summed E-state index contributed by atoms with van der Waals surface area (Å²) in [5, 5.41) is 0.131. The first-order valence-corrected chi connectivity index (χ1v) is 12.6. The molecule has 1 fully saturated rings. The number of thiocarbonyl (C=S) groups is 1. The maximum Gasteiger partial charge on any atom is 0.270 e. The van der Waals surface area contributed by atoms with E-state index in [1.54, 1.807) is 6.08 Å². The Morgan fingerprint density at radius 1 is 0.730 bits per heavy atom. The van der Waals surface area contributed by atoms with Crippen molar-refractivity contribution in [2.24, 2.45) is 0 Å². The zero-order chi connectivity index (χ0) is 26.1. The summed E-state index contributed by atoms with van der Waals surface area (Å²) in [6.07, 6.45) is 2.67. The van der Waals surface area contributed by atoms with Gasteiger partial charge in [-0.25, -0.2) is 0 Å². The molecule has 0 saturated carbocycles. The zero-order valence-electron chi connectivity index (χ0n) is 21.0. The molecule has 0 unspecified atom stereocenters. The number of hydrogen-bond acceptors (Lipinski definition) is 3. The molecule has 5 rings (SSSR count). The molecule has 0 aliphatic carbocycles. The van der Waals surface area contributed by atoms with E-state index in [4.69, 9.17) is 12.2 Å². The van der Waals surface area contributed by atoms with Crippen LogP contribution < -0.4 is 9.80 Å². The van der Waals surface area contributed by atoms with Crippen molar-refractivity contribution in [3.05, 3.63) is 119 Å². The van der Waals surface area contributed by atoms with Gasteiger partial charge in [0, 0.05) is 17.1 Å². The van der Waals surface area contributed by atoms with Crippen molar-refractivity contribution in [2.45, 2.75) is 27.2 Å². The van der Waals surface area contributed by atoms with Gasteiger partial charge in [-0.05, 0) is 92.2 Å². The van der Waals surface area contributed by atoms with Crippen molar-refractivity contribution in [1.82, 2.24) is 4.57 Å². The SMILES string of the molecule is CCc1ccc(-n2c(C)cc(C=C3C(=O)N(c4ccccc4)C(=S)N(c4ccccc4)C3=O)c2C)cc1. The van der Waals surface area contributed by atoms with Crippen molar-refractivity contribution in [3.8, 4) is 5.69 Å². The quantitative estimate of drug-likeness (QED) is 0.179. The summed E-state index contributed by atoms with van der Waals surface area (Å²) in [6.45, 7) is 6.15. The second-order valence-corrected chi connectivity index (χ2v) is 9.34. The van der Waals surface area contributed by atoms with E-state index >= 15 is 0 Å². The molecule has 1 saturated heterocycles. The summed E-state index contributed by atoms with van der Waals surface area (Å²) in [6, 6.07) is 28.8. The molecule has 2 heterocycles. The van der Waals surface area contributed by atoms with Crippen LogP contribution in [0.25, 0.3) is 11.8 Å². The van der Waals surface area contributed by atoms with E-state index in [2.05, 4.69) is 35.8 Å². The molecule has 0 atom stereocenters. The lowest BCUT2D eigenvalue weighted by Gasteiger charge is -2.36. The van der Waals surface area contributed by atoms with Crippen molar-refractivity contribution in [2.75, 3.05) is 9.80 Å². The molecule has 1 aliphatic rings. The first kappa shape index (κ1) is 24.4. The molecule has 4 aromatic rings. The fraction of sp³-hybridized carbons (Fsp3) is 0.129. The van der Waals surface area contributed by atoms with E-state index in [1.807, 2.05) is 80.6 Å². The Hall–Kier alpha value is -4.29. The van der Waals surface area contributed by atoms with Crippen LogP contribution in [-0.2, 0) is 16.0 Å². The average Bonchev–Trinajstić information content (AvgIpc) is 3.20. The summed E-state index contributed by atoms with van der Waals surface area (Å²) in [7, 11) is 0. The third-order valence-electron chi connectivity index (χ3n) is 6.65. The molecule has 0 spiro atoms. The molecule has 37 heavy (non-hydrogen) atoms.